The molecule has 0 bridgehead atoms. The van der Waals surface area contributed by atoms with E-state index in [-0.39, 0.29) is 0 Å². The quantitative estimate of drug-likeness (QED) is 0.840. The van der Waals surface area contributed by atoms with Crippen LogP contribution in [0.1, 0.15) is 47.5 Å². The Morgan fingerprint density at radius 3 is 2.57 bits per heavy atom. The summed E-state index contributed by atoms with van der Waals surface area (Å²) in [6.45, 7) is 13.8. The third-order valence-electron chi connectivity index (χ3n) is 3.76. The third kappa shape index (κ3) is 4.17. The van der Waals surface area contributed by atoms with Crippen LogP contribution in [0.5, 0.6) is 0 Å². The van der Waals surface area contributed by atoms with Gasteiger partial charge < -0.3 is 5.32 Å². The van der Waals surface area contributed by atoms with Gasteiger partial charge in [-0.2, -0.15) is 5.10 Å². The summed E-state index contributed by atoms with van der Waals surface area (Å²) >= 11 is 1.90. The molecule has 0 aliphatic carbocycles. The lowest BCUT2D eigenvalue weighted by Crippen LogP contribution is -2.19. The largest absolute Gasteiger partial charge is 0.312 e. The van der Waals surface area contributed by atoms with E-state index < -0.39 is 0 Å². The Hall–Kier alpha value is -1.13. The van der Waals surface area contributed by atoms with Crippen molar-refractivity contribution < 1.29 is 0 Å². The van der Waals surface area contributed by atoms with Crippen LogP contribution in [0.4, 0.5) is 0 Å². The fourth-order valence-electron chi connectivity index (χ4n) is 2.47. The molecule has 0 unspecified atom stereocenters. The Balaban J connectivity index is 2.07. The molecule has 2 heterocycles. The van der Waals surface area contributed by atoms with Crippen molar-refractivity contribution in [2.75, 3.05) is 6.54 Å². The van der Waals surface area contributed by atoms with Gasteiger partial charge in [0, 0.05) is 27.6 Å². The molecule has 0 amide bonds. The summed E-state index contributed by atoms with van der Waals surface area (Å²) in [5.41, 5.74) is 3.79. The maximum Gasteiger partial charge on any atom is 0.0755 e. The van der Waals surface area contributed by atoms with Gasteiger partial charge in [-0.25, -0.2) is 0 Å². The number of nitrogens with zero attached hydrogens (tertiary/aromatic N) is 2. The van der Waals surface area contributed by atoms with Gasteiger partial charge in [-0.3, -0.25) is 4.68 Å². The minimum atomic E-state index is 0.680. The van der Waals surface area contributed by atoms with Gasteiger partial charge in [0.1, 0.15) is 0 Å². The Morgan fingerprint density at radius 1 is 1.24 bits per heavy atom. The summed E-state index contributed by atoms with van der Waals surface area (Å²) < 4.78 is 2.15. The minimum Gasteiger partial charge on any atom is -0.312 e. The van der Waals surface area contributed by atoms with Crippen molar-refractivity contribution in [2.45, 2.75) is 54.1 Å². The van der Waals surface area contributed by atoms with E-state index >= 15 is 0 Å². The molecular formula is C17H27N3S. The molecule has 0 aliphatic rings. The highest BCUT2D eigenvalue weighted by Crippen LogP contribution is 2.20. The van der Waals surface area contributed by atoms with E-state index in [0.29, 0.717) is 5.92 Å². The van der Waals surface area contributed by atoms with Crippen LogP contribution in [0.3, 0.4) is 0 Å². The van der Waals surface area contributed by atoms with Crippen molar-refractivity contribution >= 4 is 11.3 Å². The second kappa shape index (κ2) is 7.23. The van der Waals surface area contributed by atoms with Gasteiger partial charge in [-0.15, -0.1) is 11.3 Å². The summed E-state index contributed by atoms with van der Waals surface area (Å²) in [6, 6.07) is 4.47. The van der Waals surface area contributed by atoms with Gasteiger partial charge in [-0.05, 0) is 44.9 Å². The van der Waals surface area contributed by atoms with Crippen LogP contribution in [0.25, 0.3) is 0 Å². The van der Waals surface area contributed by atoms with Crippen molar-refractivity contribution in [3.05, 3.63) is 38.8 Å². The molecule has 0 aromatic carbocycles. The predicted octanol–water partition coefficient (Wildman–Crippen LogP) is 3.92. The zero-order chi connectivity index (χ0) is 15.4. The van der Waals surface area contributed by atoms with Gasteiger partial charge >= 0.3 is 0 Å². The van der Waals surface area contributed by atoms with Crippen molar-refractivity contribution in [3.63, 3.8) is 0 Å². The molecule has 2 aromatic rings. The molecule has 0 radical (unpaired) electrons. The van der Waals surface area contributed by atoms with Crippen LogP contribution in [-0.2, 0) is 19.5 Å². The average Bonchev–Trinajstić information content (AvgIpc) is 2.98. The Labute approximate surface area is 132 Å². The number of hydrogen-bond acceptors (Lipinski definition) is 3. The lowest BCUT2D eigenvalue weighted by Gasteiger charge is -2.08. The minimum absolute atomic E-state index is 0.680. The molecular weight excluding hydrogens is 278 g/mol. The van der Waals surface area contributed by atoms with E-state index in [4.69, 9.17) is 5.10 Å². The van der Waals surface area contributed by atoms with Crippen molar-refractivity contribution in [3.8, 4) is 0 Å². The summed E-state index contributed by atoms with van der Waals surface area (Å²) in [4.78, 5) is 2.84. The second-order valence-corrected chi connectivity index (χ2v) is 7.31. The first-order chi connectivity index (χ1) is 10.0. The number of rotatable bonds is 7. The Bertz CT molecular complexity index is 581. The zero-order valence-corrected chi connectivity index (χ0v) is 14.7. The topological polar surface area (TPSA) is 29.9 Å². The molecule has 3 nitrogen and oxygen atoms in total. The van der Waals surface area contributed by atoms with Crippen LogP contribution in [0.2, 0.25) is 0 Å². The van der Waals surface area contributed by atoms with E-state index in [9.17, 15) is 0 Å². The van der Waals surface area contributed by atoms with Gasteiger partial charge in [0.2, 0.25) is 0 Å². The van der Waals surface area contributed by atoms with Crippen molar-refractivity contribution in [1.82, 2.24) is 15.1 Å². The summed E-state index contributed by atoms with van der Waals surface area (Å²) in [7, 11) is 0. The first-order valence-electron chi connectivity index (χ1n) is 7.82. The van der Waals surface area contributed by atoms with Crippen LogP contribution in [-0.4, -0.2) is 16.3 Å². The number of nitrogens with one attached hydrogen (secondary N) is 1. The standard InChI is InChI=1S/C17H27N3S/c1-6-15-7-8-16(21-15)11-20-14(5)17(13(4)19-20)10-18-9-12(2)3/h7-8,12,18H,6,9-11H2,1-5H3. The van der Waals surface area contributed by atoms with Gasteiger partial charge in [0.05, 0.1) is 12.2 Å². The molecule has 0 spiro atoms. The highest BCUT2D eigenvalue weighted by atomic mass is 32.1. The molecule has 2 aromatic heterocycles. The summed E-state index contributed by atoms with van der Waals surface area (Å²) in [6.07, 6.45) is 1.12. The fourth-order valence-corrected chi connectivity index (χ4v) is 3.41. The second-order valence-electron chi connectivity index (χ2n) is 6.05. The molecule has 4 heteroatoms. The SMILES string of the molecule is CCc1ccc(Cn2nc(C)c(CNCC(C)C)c2C)s1. The average molecular weight is 305 g/mol. The third-order valence-corrected chi connectivity index (χ3v) is 4.97. The highest BCUT2D eigenvalue weighted by Gasteiger charge is 2.12. The van der Waals surface area contributed by atoms with E-state index in [1.54, 1.807) is 0 Å². The van der Waals surface area contributed by atoms with Crippen LogP contribution in [0.15, 0.2) is 12.1 Å². The lowest BCUT2D eigenvalue weighted by molar-refractivity contribution is 0.550. The predicted molar refractivity (Wildman–Crippen MR) is 91.0 cm³/mol. The van der Waals surface area contributed by atoms with E-state index in [1.165, 1.54) is 21.0 Å². The van der Waals surface area contributed by atoms with E-state index in [0.717, 1.165) is 31.7 Å². The molecule has 0 saturated heterocycles. The first kappa shape index (κ1) is 16.2. The zero-order valence-electron chi connectivity index (χ0n) is 13.9. The number of thiophene rings is 1. The number of hydrogen-bond donors (Lipinski definition) is 1. The van der Waals surface area contributed by atoms with Crippen LogP contribution < -0.4 is 5.32 Å². The normalized spacial score (nSPS) is 11.5. The van der Waals surface area contributed by atoms with Crippen molar-refractivity contribution in [1.29, 1.82) is 0 Å². The molecule has 1 N–H and O–H groups in total. The monoisotopic (exact) mass is 305 g/mol. The van der Waals surface area contributed by atoms with E-state index in [1.807, 2.05) is 11.3 Å². The molecule has 21 heavy (non-hydrogen) atoms. The van der Waals surface area contributed by atoms with E-state index in [2.05, 4.69) is 56.8 Å². The van der Waals surface area contributed by atoms with Gasteiger partial charge in [0.15, 0.2) is 0 Å². The maximum absolute atomic E-state index is 4.72. The van der Waals surface area contributed by atoms with Gasteiger partial charge in [-0.1, -0.05) is 20.8 Å². The number of aryl methyl sites for hydroxylation is 2. The molecule has 0 atom stereocenters. The first-order valence-corrected chi connectivity index (χ1v) is 8.64. The molecule has 0 aliphatic heterocycles. The maximum atomic E-state index is 4.72. The Kier molecular flexibility index (Phi) is 5.59. The molecule has 0 fully saturated rings. The Morgan fingerprint density at radius 2 is 1.95 bits per heavy atom. The van der Waals surface area contributed by atoms with Crippen LogP contribution >= 0.6 is 11.3 Å². The lowest BCUT2D eigenvalue weighted by atomic mass is 10.2. The summed E-state index contributed by atoms with van der Waals surface area (Å²) in [5, 5.41) is 8.24. The highest BCUT2D eigenvalue weighted by molar-refractivity contribution is 7.11. The van der Waals surface area contributed by atoms with Crippen molar-refractivity contribution in [2.24, 2.45) is 5.92 Å². The van der Waals surface area contributed by atoms with Crippen LogP contribution in [0, 0.1) is 19.8 Å². The smallest absolute Gasteiger partial charge is 0.0755 e. The number of aromatic nitrogens is 2. The molecule has 2 rings (SSSR count). The molecule has 0 saturated carbocycles. The fraction of sp³-hybridized carbons (Fsp3) is 0.588. The molecule has 116 valence electrons. The summed E-state index contributed by atoms with van der Waals surface area (Å²) in [5.74, 6) is 0.680. The van der Waals surface area contributed by atoms with Gasteiger partial charge in [0.25, 0.3) is 0 Å².